The Morgan fingerprint density at radius 3 is 1.07 bits per heavy atom. The molecule has 0 aromatic heterocycles. The van der Waals surface area contributed by atoms with E-state index >= 15 is 0 Å². The smallest absolute Gasteiger partial charge is 0.412 e. The number of carboxylic acids is 1. The van der Waals surface area contributed by atoms with E-state index in [-0.39, 0.29) is 90.2 Å². The van der Waals surface area contributed by atoms with Crippen LogP contribution in [0.3, 0.4) is 0 Å². The van der Waals surface area contributed by atoms with Gasteiger partial charge in [-0.3, -0.25) is 9.59 Å². The third kappa shape index (κ3) is 28.4. The number of carbonyl (C=O) groups excluding carboxylic acids is 2. The van der Waals surface area contributed by atoms with Crippen LogP contribution < -0.4 is 0 Å². The van der Waals surface area contributed by atoms with Crippen molar-refractivity contribution in [3.8, 4) is 24.8 Å². The molecule has 22 fully saturated rings. The number of Topliss-reactive ketones (excluding diaryl/α,β-unsaturated/α-hetero) is 1. The summed E-state index contributed by atoms with van der Waals surface area (Å²) < 4.78 is 24.4. The topological polar surface area (TPSA) is 296 Å². The molecule has 43 atom stereocenters. The first kappa shape index (κ1) is 134. The Hall–Kier alpha value is -1.23. The Bertz CT molecular complexity index is 4160. The number of hydrogen-bond acceptors (Lipinski definition) is 14. The second-order valence-corrected chi connectivity index (χ2v) is 60.3. The number of fused-ring (bicyclic) bond motifs is 25. The number of halogens is 4. The molecule has 0 aliphatic heterocycles. The van der Waals surface area contributed by atoms with Crippen molar-refractivity contribution in [2.24, 2.45) is 214 Å². The minimum absolute atomic E-state index is 0. The van der Waals surface area contributed by atoms with Gasteiger partial charge >= 0.3 is 60.6 Å². The van der Waals surface area contributed by atoms with Crippen molar-refractivity contribution in [2.75, 3.05) is 15.8 Å². The zero-order valence-corrected chi connectivity index (χ0v) is 108. The van der Waals surface area contributed by atoms with Gasteiger partial charge in [0.1, 0.15) is 11.9 Å². The van der Waals surface area contributed by atoms with Crippen molar-refractivity contribution in [2.45, 2.75) is 477 Å². The van der Waals surface area contributed by atoms with Gasteiger partial charge in [0.15, 0.2) is 0 Å². The van der Waals surface area contributed by atoms with Crippen molar-refractivity contribution in [1.29, 1.82) is 21.0 Å². The van der Waals surface area contributed by atoms with Crippen LogP contribution in [0.1, 0.15) is 428 Å². The van der Waals surface area contributed by atoms with Gasteiger partial charge in [0.25, 0.3) is 5.97 Å². The van der Waals surface area contributed by atoms with Gasteiger partial charge in [-0.05, 0) is 474 Å². The van der Waals surface area contributed by atoms with Gasteiger partial charge in [-0.1, -0.05) is 147 Å². The Morgan fingerprint density at radius 1 is 0.439 bits per heavy atom. The average Bonchev–Trinajstić information content (AvgIpc) is 1.45. The SMILES string of the molecule is C.C#N.C=COCC.C=CO[C@H]1C[C@@]2(C)[C@@H](CC[C@H]3[C@@H]4CCC[C@@]4(C)CC[C@@H]32)C[C@@H]1C.CC(=O)O.C[C@H]1C[C@@H]2CC[C@@H]3[C@H](CC[C@]4(C)C(=O)CC[C@@H]34)[C@@]2(C)C[C@@H]1O.C[C@H]1C[C@@H]2CC[C@@H]3[C@H](CC[C@]4(C)[C@H](C#N)CC[C@@H]34)[C@@]2(C)C[C@@H]1O.C[C@H]1C[C@@H]2CC[C@@H]3[C@H](CC[C@]4(C)[C@H](C#N)CC[C@@H]34)[C@@]2(C)C[C@@H]1OC1CC1.C[C@]12C[C@H](OC3CC3)[C@@H](O)C[C@@H]1CC[C@@H]1[C@@H]2CC[C@]2(C)[C@H](C#N)CC[C@@H]12.C[C](=O)[Hg].ClCCl.ClCI.O.[CH2-]C.[CH2-]C.[Zn+2]. The monoisotopic (exact) mass is 2470 g/mol. The second kappa shape index (κ2) is 57.9. The van der Waals surface area contributed by atoms with E-state index in [1.54, 1.807) is 27.0 Å². The van der Waals surface area contributed by atoms with E-state index < -0.39 is 5.97 Å². The van der Waals surface area contributed by atoms with E-state index in [9.17, 15) is 40.7 Å². The predicted octanol–water partition coefficient (Wildman–Crippen LogP) is 31.8. The van der Waals surface area contributed by atoms with Crippen LogP contribution in [0.2, 0.25) is 0 Å². The molecule has 0 saturated heterocycles. The number of nitrogens with zero attached hydrogens (tertiary/aromatic N) is 4. The van der Waals surface area contributed by atoms with E-state index in [2.05, 4.69) is 176 Å². The molecule has 22 rings (SSSR count). The van der Waals surface area contributed by atoms with Gasteiger partial charge in [-0.15, -0.1) is 34.8 Å². The van der Waals surface area contributed by atoms with Crippen LogP contribution >= 0.6 is 57.4 Å². The van der Waals surface area contributed by atoms with Gasteiger partial charge in [0.2, 0.25) is 0 Å². The van der Waals surface area contributed by atoms with E-state index in [1.165, 1.54) is 231 Å². The summed E-state index contributed by atoms with van der Waals surface area (Å²) in [6.07, 6.45) is 62.0. The third-order valence-corrected chi connectivity index (χ3v) is 47.0. The molecule has 0 aromatic rings. The molecule has 22 aliphatic carbocycles. The maximum absolute atomic E-state index is 12.4. The number of nitriles is 4. The van der Waals surface area contributed by atoms with Crippen LogP contribution in [0.25, 0.3) is 0 Å². The van der Waals surface area contributed by atoms with Crippen LogP contribution in [-0.4, -0.2) is 106 Å². The number of ketones is 1. The largest absolute Gasteiger partial charge is 2.00 e. The van der Waals surface area contributed by atoms with Crippen molar-refractivity contribution < 1.29 is 105 Å². The number of hydrogen-bond donors (Lipinski definition) is 4. The van der Waals surface area contributed by atoms with E-state index in [4.69, 9.17) is 64.2 Å². The number of aliphatic hydroxyl groups is 3. The van der Waals surface area contributed by atoms with Crippen LogP contribution in [0, 0.1) is 274 Å². The quantitative estimate of drug-likeness (QED) is 0.0577. The van der Waals surface area contributed by atoms with E-state index in [0.29, 0.717) is 137 Å². The maximum Gasteiger partial charge on any atom is 2.00 e. The zero-order valence-electron chi connectivity index (χ0n) is 95.6. The first-order valence-electron chi connectivity index (χ1n) is 58.8. The predicted molar refractivity (Wildman–Crippen MR) is 604 cm³/mol. The summed E-state index contributed by atoms with van der Waals surface area (Å²) in [6.45, 7) is 60.3. The molecule has 0 heterocycles. The number of aliphatic carboxylic acids is 1. The summed E-state index contributed by atoms with van der Waals surface area (Å²) in [5.41, 5.74) is 3.53. The Morgan fingerprint density at radius 2 is 0.736 bits per heavy atom. The molecule has 0 amide bonds. The summed E-state index contributed by atoms with van der Waals surface area (Å²) in [6, 6.07) is 7.98. The molecule has 0 aromatic carbocycles. The van der Waals surface area contributed by atoms with Crippen LogP contribution in [0.15, 0.2) is 25.7 Å². The van der Waals surface area contributed by atoms with Crippen molar-refractivity contribution >= 4 is 72.4 Å². The van der Waals surface area contributed by atoms with Gasteiger partial charge < -0.3 is 58.7 Å². The average molecular weight is 2470 g/mol. The molecule has 16 nitrogen and oxygen atoms in total. The molecule has 22 saturated carbocycles. The number of aliphatic hydroxyl groups excluding tert-OH is 3. The van der Waals surface area contributed by atoms with Gasteiger partial charge in [-0.25, -0.2) is 5.26 Å². The van der Waals surface area contributed by atoms with E-state index in [0.717, 1.165) is 190 Å². The van der Waals surface area contributed by atoms with Gasteiger partial charge in [0.05, 0.1) is 107 Å². The third-order valence-electron chi connectivity index (χ3n) is 47.0. The molecular weight excluding hydrogens is 2260 g/mol. The molecule has 837 valence electrons. The summed E-state index contributed by atoms with van der Waals surface area (Å²) in [5, 5.41) is 74.8. The molecule has 6 N–H and O–H groups in total. The number of ether oxygens (including phenoxy) is 4. The number of rotatable bonds is 8. The molecule has 0 radical (unpaired) electrons. The van der Waals surface area contributed by atoms with Crippen molar-refractivity contribution in [3.63, 3.8) is 0 Å². The van der Waals surface area contributed by atoms with Crippen molar-refractivity contribution in [1.82, 2.24) is 0 Å². The first-order chi connectivity index (χ1) is 68.8. The molecular formula is C126H209Cl3HgIN4O12Zn. The minimum atomic E-state index is -0.833. The fourth-order valence-corrected chi connectivity index (χ4v) is 39.2. The minimum Gasteiger partial charge on any atom is -0.412 e. The summed E-state index contributed by atoms with van der Waals surface area (Å²) >= 11 is 16.9. The van der Waals surface area contributed by atoms with Crippen molar-refractivity contribution in [3.05, 3.63) is 39.5 Å². The normalized spacial score (nSPS) is 47.0. The first-order valence-corrected chi connectivity index (χ1v) is 64.7. The van der Waals surface area contributed by atoms with Crippen LogP contribution in [0.4, 0.5) is 0 Å². The standard InChI is InChI=1S/C24H37NO.C23H35NO2.C22H36O.C21H33NO.C20H32O2.C4H8O.C2H4O2.C2H3O.2C2H5.CH2Cl2.CH2ClI.CHN.CH4.Hg.H2O.Zn/c1-15-12-16-4-8-19-20-9-5-17(14-25)23(20,2)11-10-21(19)24(16,3)13-22(15)26-18-6-7-18;1-22-10-9-19-17(18(22)8-4-15(22)13-24)7-3-14-11-20(25)21(12-23(14,19)2)26-16-5-6-16;1-5-23-20-14-22(4)16(13-15(20)2)8-9-17-18-7-6-11-21(18,3)12-10-19(17)22;1-13-10-14-4-6-16-17-7-5-15(12-22)20(17,2)9-8-18(16)21(14,3)11-19(13)23;1-12-10-13-4-5-14-15-6-7-18(22)19(15,2)9-8-16(14)20(13,3)11-17(12)21;1-3-5-4-2;1-2(3)4;1-2-3;2*1-2;2*2-1-3;1-2;;;;/h15-22H,4-13H2,1-3H3;14-21,25H,3-12H2,1-2H3;5,15-20H,1,6-14H2,2-4H3;13-19,23H,4-11H2,1-3H3;12-17,21H,4-11H2,1-3H3;3H,1,4H2,2H3;1H3,(H,3,4);1H3;2*1H2,2H3;2*1H2;1H;1H4;;1H2;/q;;;;;;;;2*-1;;;;;;;+2/t15-,16-,17-,19-,20-,21-,22-,23+,24-;14-,15-,17-,18-,19-,20-,21-,22+,23-;15-,16-,17-,18-,19-,20-,21-,22-;13-,14-,15-,16-,17-,18-,19-,20+,21-;12-,13-,14-,15-,16-,17-,19-,20-;;;;;;;;;;;;/m00000............/s1. The molecule has 22 heteroatoms. The van der Waals surface area contributed by atoms with Gasteiger partial charge in [-0.2, -0.15) is 29.6 Å². The molecule has 0 bridgehead atoms. The molecule has 148 heavy (non-hydrogen) atoms. The number of carbonyl (C=O) groups is 3. The Kier molecular flexibility index (Phi) is 52.2. The number of carboxylic acid groups (broad SMARTS) is 1. The fourth-order valence-electron chi connectivity index (χ4n) is 39.2. The van der Waals surface area contributed by atoms with Gasteiger partial charge in [0, 0.05) is 25.3 Å². The molecule has 22 aliphatic rings. The van der Waals surface area contributed by atoms with E-state index in [1.807, 2.05) is 6.92 Å². The van der Waals surface area contributed by atoms with Crippen LogP contribution in [-0.2, 0) is 78.9 Å². The molecule has 0 unspecified atom stereocenters. The second-order valence-electron chi connectivity index (χ2n) is 53.6. The summed E-state index contributed by atoms with van der Waals surface area (Å²) in [7, 11) is 0. The zero-order chi connectivity index (χ0) is 107. The van der Waals surface area contributed by atoms with Crippen LogP contribution in [0.5, 0.6) is 0 Å². The Labute approximate surface area is 960 Å². The number of alkyl halides is 4. The maximum atomic E-state index is 12.4. The summed E-state index contributed by atoms with van der Waals surface area (Å²) in [4.78, 5) is 31.0. The fraction of sp³-hybridized carbons (Fsp3) is 0.897. The molecule has 0 spiro atoms. The summed E-state index contributed by atoms with van der Waals surface area (Å²) in [5.74, 6) is 19.5. The Balaban J connectivity index is 0.000000236.